The number of rotatable bonds is 4. The lowest BCUT2D eigenvalue weighted by atomic mass is 10.1. The van der Waals surface area contributed by atoms with Crippen molar-refractivity contribution in [2.24, 2.45) is 0 Å². The van der Waals surface area contributed by atoms with E-state index in [4.69, 9.17) is 4.42 Å². The lowest BCUT2D eigenvalue weighted by Crippen LogP contribution is -2.22. The molecule has 0 amide bonds. The van der Waals surface area contributed by atoms with Crippen LogP contribution in [-0.4, -0.2) is 28.2 Å². The largest absolute Gasteiger partial charge is 0.504 e. The van der Waals surface area contributed by atoms with Crippen LogP contribution in [-0.2, 0) is 6.54 Å². The zero-order chi connectivity index (χ0) is 14.0. The molecule has 0 unspecified atom stereocenters. The first-order valence-electron chi connectivity index (χ1n) is 6.26. The Hall–Kier alpha value is -1.72. The first-order chi connectivity index (χ1) is 9.06. The van der Waals surface area contributed by atoms with Gasteiger partial charge in [-0.05, 0) is 25.2 Å². The summed E-state index contributed by atoms with van der Waals surface area (Å²) in [5.74, 6) is -0.433. The topological polar surface area (TPSA) is 73.9 Å². The van der Waals surface area contributed by atoms with Crippen LogP contribution in [0.4, 0.5) is 0 Å². The Morgan fingerprint density at radius 2 is 1.85 bits per heavy atom. The van der Waals surface area contributed by atoms with Crippen LogP contribution >= 0.6 is 12.4 Å². The second kappa shape index (κ2) is 6.63. The number of fused-ring (bicyclic) bond motifs is 1. The van der Waals surface area contributed by atoms with Crippen LogP contribution in [0.25, 0.3) is 11.0 Å². The van der Waals surface area contributed by atoms with Gasteiger partial charge in [-0.1, -0.05) is 13.8 Å². The number of hydrogen-bond acceptors (Lipinski definition) is 5. The molecular formula is C14H18ClNO4. The maximum absolute atomic E-state index is 11.3. The molecule has 20 heavy (non-hydrogen) atoms. The Kier molecular flexibility index (Phi) is 5.42. The number of phenolic OH excluding ortho intramolecular Hbond substituents is 2. The Balaban J connectivity index is 0.00000200. The molecule has 0 spiro atoms. The zero-order valence-electron chi connectivity index (χ0n) is 11.4. The van der Waals surface area contributed by atoms with Crippen LogP contribution in [0.1, 0.15) is 19.4 Å². The van der Waals surface area contributed by atoms with Crippen LogP contribution in [0.3, 0.4) is 0 Å². The second-order valence-electron chi connectivity index (χ2n) is 4.36. The summed E-state index contributed by atoms with van der Waals surface area (Å²) in [6.07, 6.45) is 0. The normalized spacial score (nSPS) is 10.8. The minimum Gasteiger partial charge on any atom is -0.504 e. The molecule has 0 fully saturated rings. The summed E-state index contributed by atoms with van der Waals surface area (Å²) in [5, 5.41) is 20.3. The number of phenols is 2. The van der Waals surface area contributed by atoms with Gasteiger partial charge in [0, 0.05) is 18.0 Å². The highest BCUT2D eigenvalue weighted by atomic mass is 35.5. The molecule has 2 aromatic rings. The van der Waals surface area contributed by atoms with E-state index in [1.807, 2.05) is 13.8 Å². The summed E-state index contributed by atoms with van der Waals surface area (Å²) in [6.45, 7) is 6.01. The van der Waals surface area contributed by atoms with Crippen LogP contribution in [0.15, 0.2) is 27.4 Å². The van der Waals surface area contributed by atoms with E-state index in [0.29, 0.717) is 23.1 Å². The van der Waals surface area contributed by atoms with Gasteiger partial charge < -0.3 is 14.6 Å². The third-order valence-electron chi connectivity index (χ3n) is 3.23. The van der Waals surface area contributed by atoms with Gasteiger partial charge in [0.05, 0.1) is 5.56 Å². The third-order valence-corrected chi connectivity index (χ3v) is 3.23. The van der Waals surface area contributed by atoms with Gasteiger partial charge >= 0.3 is 5.63 Å². The first kappa shape index (κ1) is 16.3. The fourth-order valence-corrected chi connectivity index (χ4v) is 2.07. The van der Waals surface area contributed by atoms with Crippen molar-refractivity contribution in [2.75, 3.05) is 13.1 Å². The average molecular weight is 300 g/mol. The molecule has 1 aromatic carbocycles. The van der Waals surface area contributed by atoms with Crippen LogP contribution < -0.4 is 5.63 Å². The molecule has 0 radical (unpaired) electrons. The zero-order valence-corrected chi connectivity index (χ0v) is 12.2. The van der Waals surface area contributed by atoms with Crippen molar-refractivity contribution in [3.63, 3.8) is 0 Å². The van der Waals surface area contributed by atoms with Gasteiger partial charge in [0.25, 0.3) is 0 Å². The van der Waals surface area contributed by atoms with E-state index in [0.717, 1.165) is 13.1 Å². The quantitative estimate of drug-likeness (QED) is 0.670. The molecule has 110 valence electrons. The molecule has 0 aliphatic heterocycles. The molecule has 2 rings (SSSR count). The van der Waals surface area contributed by atoms with E-state index in [1.165, 1.54) is 12.1 Å². The summed E-state index contributed by atoms with van der Waals surface area (Å²) in [4.78, 5) is 13.4. The summed E-state index contributed by atoms with van der Waals surface area (Å²) >= 11 is 0. The molecular weight excluding hydrogens is 282 g/mol. The van der Waals surface area contributed by atoms with Gasteiger partial charge in [0.15, 0.2) is 11.5 Å². The predicted octanol–water partition coefficient (Wildman–Crippen LogP) is 2.47. The molecule has 6 heteroatoms. The Labute approximate surface area is 122 Å². The van der Waals surface area contributed by atoms with Gasteiger partial charge in [-0.2, -0.15) is 0 Å². The predicted molar refractivity (Wildman–Crippen MR) is 79.7 cm³/mol. The van der Waals surface area contributed by atoms with Crippen LogP contribution in [0, 0.1) is 0 Å². The molecule has 1 heterocycles. The van der Waals surface area contributed by atoms with Crippen molar-refractivity contribution in [3.8, 4) is 11.5 Å². The van der Waals surface area contributed by atoms with Gasteiger partial charge in [0.2, 0.25) is 0 Å². The van der Waals surface area contributed by atoms with Crippen molar-refractivity contribution in [1.82, 2.24) is 4.90 Å². The van der Waals surface area contributed by atoms with Crippen molar-refractivity contribution in [1.29, 1.82) is 0 Å². The van der Waals surface area contributed by atoms with Crippen LogP contribution in [0.2, 0.25) is 0 Å². The van der Waals surface area contributed by atoms with E-state index in [-0.39, 0.29) is 23.9 Å². The van der Waals surface area contributed by atoms with Crippen molar-refractivity contribution in [2.45, 2.75) is 20.4 Å². The highest BCUT2D eigenvalue weighted by molar-refractivity contribution is 5.85. The van der Waals surface area contributed by atoms with Gasteiger partial charge in [0.1, 0.15) is 5.58 Å². The minimum atomic E-state index is -0.474. The lowest BCUT2D eigenvalue weighted by molar-refractivity contribution is 0.288. The SMILES string of the molecule is CCN(CC)Cc1c(O)c(O)cc2ccc(=O)oc12.Cl. The maximum atomic E-state index is 11.3. The molecule has 0 bridgehead atoms. The maximum Gasteiger partial charge on any atom is 0.336 e. The summed E-state index contributed by atoms with van der Waals surface area (Å²) in [5.41, 5.74) is 0.296. The fraction of sp³-hybridized carbons (Fsp3) is 0.357. The molecule has 0 aliphatic rings. The summed E-state index contributed by atoms with van der Waals surface area (Å²) < 4.78 is 5.17. The van der Waals surface area contributed by atoms with Crippen molar-refractivity contribution in [3.05, 3.63) is 34.2 Å². The van der Waals surface area contributed by atoms with Gasteiger partial charge in [-0.25, -0.2) is 4.79 Å². The van der Waals surface area contributed by atoms with E-state index < -0.39 is 5.63 Å². The highest BCUT2D eigenvalue weighted by Crippen LogP contribution is 2.35. The van der Waals surface area contributed by atoms with Crippen molar-refractivity contribution >= 4 is 23.4 Å². The molecule has 0 saturated carbocycles. The summed E-state index contributed by atoms with van der Waals surface area (Å²) in [7, 11) is 0. The van der Waals surface area contributed by atoms with Gasteiger partial charge in [-0.15, -0.1) is 12.4 Å². The van der Waals surface area contributed by atoms with Gasteiger partial charge in [-0.3, -0.25) is 4.90 Å². The number of benzene rings is 1. The molecule has 5 nitrogen and oxygen atoms in total. The number of nitrogens with zero attached hydrogens (tertiary/aromatic N) is 1. The van der Waals surface area contributed by atoms with E-state index >= 15 is 0 Å². The molecule has 0 atom stereocenters. The highest BCUT2D eigenvalue weighted by Gasteiger charge is 2.16. The third kappa shape index (κ3) is 3.05. The monoisotopic (exact) mass is 299 g/mol. The number of halogens is 1. The summed E-state index contributed by atoms with van der Waals surface area (Å²) in [6, 6.07) is 4.26. The van der Waals surface area contributed by atoms with Crippen LogP contribution in [0.5, 0.6) is 11.5 Å². The van der Waals surface area contributed by atoms with E-state index in [1.54, 1.807) is 6.07 Å². The standard InChI is InChI=1S/C14H17NO4.ClH/c1-3-15(4-2)8-10-13(18)11(16)7-9-5-6-12(17)19-14(9)10;/h5-7,16,18H,3-4,8H2,1-2H3;1H. The fourth-order valence-electron chi connectivity index (χ4n) is 2.07. The second-order valence-corrected chi connectivity index (χ2v) is 4.36. The first-order valence-corrected chi connectivity index (χ1v) is 6.26. The van der Waals surface area contributed by atoms with E-state index in [9.17, 15) is 15.0 Å². The molecule has 1 aromatic heterocycles. The average Bonchev–Trinajstić information content (AvgIpc) is 2.40. The Morgan fingerprint density at radius 3 is 2.45 bits per heavy atom. The molecule has 0 saturated heterocycles. The Bertz CT molecular complexity index is 649. The molecule has 2 N–H and O–H groups in total. The minimum absolute atomic E-state index is 0. The molecule has 0 aliphatic carbocycles. The smallest absolute Gasteiger partial charge is 0.336 e. The number of hydrogen-bond donors (Lipinski definition) is 2. The van der Waals surface area contributed by atoms with Crippen molar-refractivity contribution < 1.29 is 14.6 Å². The number of aromatic hydroxyl groups is 2. The van der Waals surface area contributed by atoms with E-state index in [2.05, 4.69) is 4.90 Å². The lowest BCUT2D eigenvalue weighted by Gasteiger charge is -2.19. The Morgan fingerprint density at radius 1 is 1.20 bits per heavy atom.